The van der Waals surface area contributed by atoms with Crippen LogP contribution in [0.3, 0.4) is 0 Å². The Kier molecular flexibility index (Phi) is 7.94. The molecule has 2 saturated heterocycles. The molecule has 40 heavy (non-hydrogen) atoms. The zero-order chi connectivity index (χ0) is 28.8. The summed E-state index contributed by atoms with van der Waals surface area (Å²) in [6, 6.07) is 9.19. The number of piperazine rings is 1. The number of hydrogen-bond donors (Lipinski definition) is 1. The van der Waals surface area contributed by atoms with Crippen molar-refractivity contribution >= 4 is 23.8 Å². The quantitative estimate of drug-likeness (QED) is 0.428. The Hall–Kier alpha value is -2.98. The van der Waals surface area contributed by atoms with Crippen LogP contribution in [-0.4, -0.2) is 95.9 Å². The molecule has 0 bridgehead atoms. The Morgan fingerprint density at radius 2 is 1.68 bits per heavy atom. The minimum absolute atomic E-state index is 0.00665. The second-order valence-electron chi connectivity index (χ2n) is 12.1. The van der Waals surface area contributed by atoms with Gasteiger partial charge in [0.15, 0.2) is 0 Å². The van der Waals surface area contributed by atoms with Crippen LogP contribution in [0.1, 0.15) is 50.9 Å². The van der Waals surface area contributed by atoms with E-state index in [9.17, 15) is 24.3 Å². The minimum Gasteiger partial charge on any atom is -0.462 e. The normalized spacial score (nSPS) is 37.6. The average molecular weight is 557 g/mol. The summed E-state index contributed by atoms with van der Waals surface area (Å²) in [7, 11) is 0. The van der Waals surface area contributed by atoms with E-state index in [4.69, 9.17) is 14.2 Å². The van der Waals surface area contributed by atoms with Crippen molar-refractivity contribution in [1.82, 2.24) is 9.80 Å². The number of nitrogens with zero attached hydrogens (tertiary/aromatic N) is 2. The number of fused-ring (bicyclic) bond motifs is 2. The molecule has 10 nitrogen and oxygen atoms in total. The molecule has 5 rings (SSSR count). The molecule has 4 fully saturated rings. The van der Waals surface area contributed by atoms with Gasteiger partial charge in [-0.3, -0.25) is 24.1 Å². The van der Waals surface area contributed by atoms with Crippen LogP contribution in [-0.2, 0) is 28.6 Å². The van der Waals surface area contributed by atoms with Crippen molar-refractivity contribution in [2.45, 2.75) is 65.0 Å². The molecule has 0 aromatic heterocycles. The van der Waals surface area contributed by atoms with Crippen molar-refractivity contribution in [1.29, 1.82) is 0 Å². The third-order valence-electron chi connectivity index (χ3n) is 9.70. The molecule has 1 aromatic rings. The van der Waals surface area contributed by atoms with Crippen LogP contribution in [0, 0.1) is 29.1 Å². The summed E-state index contributed by atoms with van der Waals surface area (Å²) >= 11 is 0. The largest absolute Gasteiger partial charge is 0.462 e. The van der Waals surface area contributed by atoms with Gasteiger partial charge in [-0.25, -0.2) is 0 Å². The number of ether oxygens (including phenoxy) is 3. The molecule has 1 aromatic carbocycles. The van der Waals surface area contributed by atoms with E-state index in [0.29, 0.717) is 51.1 Å². The average Bonchev–Trinajstić information content (AvgIpc) is 3.33. The number of rotatable bonds is 5. The number of aliphatic hydroxyl groups excluding tert-OH is 1. The van der Waals surface area contributed by atoms with E-state index in [-0.39, 0.29) is 23.7 Å². The van der Waals surface area contributed by atoms with E-state index in [2.05, 4.69) is 4.90 Å². The van der Waals surface area contributed by atoms with Gasteiger partial charge in [0, 0.05) is 75.8 Å². The van der Waals surface area contributed by atoms with Crippen molar-refractivity contribution < 1.29 is 38.5 Å². The van der Waals surface area contributed by atoms with Gasteiger partial charge in [-0.1, -0.05) is 32.0 Å². The number of hydrogen-bond acceptors (Lipinski definition) is 9. The van der Waals surface area contributed by atoms with E-state index >= 15 is 0 Å². The zero-order valence-corrected chi connectivity index (χ0v) is 23.7. The highest BCUT2D eigenvalue weighted by Gasteiger charge is 2.67. The van der Waals surface area contributed by atoms with Crippen LogP contribution in [0.4, 0.5) is 0 Å². The molecule has 2 aliphatic heterocycles. The fourth-order valence-electron chi connectivity index (χ4n) is 7.96. The van der Waals surface area contributed by atoms with Gasteiger partial charge in [0.25, 0.3) is 5.91 Å². The maximum absolute atomic E-state index is 13.2. The molecule has 4 aliphatic rings. The van der Waals surface area contributed by atoms with Crippen LogP contribution in [0.25, 0.3) is 0 Å². The van der Waals surface area contributed by atoms with Crippen molar-refractivity contribution in [3.05, 3.63) is 35.9 Å². The number of carbonyl (C=O) groups excluding carboxylic acids is 4. The Labute approximate surface area is 234 Å². The van der Waals surface area contributed by atoms with Crippen LogP contribution in [0.2, 0.25) is 0 Å². The number of esters is 3. The maximum atomic E-state index is 13.2. The van der Waals surface area contributed by atoms with E-state index in [1.54, 1.807) is 0 Å². The van der Waals surface area contributed by atoms with E-state index in [0.717, 1.165) is 0 Å². The molecule has 0 spiro atoms. The summed E-state index contributed by atoms with van der Waals surface area (Å²) in [4.78, 5) is 54.1. The third kappa shape index (κ3) is 5.11. The molecule has 218 valence electrons. The van der Waals surface area contributed by atoms with E-state index < -0.39 is 53.6 Å². The molecule has 2 saturated carbocycles. The fourth-order valence-corrected chi connectivity index (χ4v) is 7.96. The Balaban J connectivity index is 1.34. The fraction of sp³-hybridized carbons (Fsp3) is 0.667. The molecule has 2 heterocycles. The first kappa shape index (κ1) is 28.5. The highest BCUT2D eigenvalue weighted by Crippen LogP contribution is 2.59. The molecule has 10 heteroatoms. The summed E-state index contributed by atoms with van der Waals surface area (Å²) in [5.74, 6) is -2.61. The summed E-state index contributed by atoms with van der Waals surface area (Å²) in [5.41, 5.74) is -0.278. The number of benzene rings is 1. The van der Waals surface area contributed by atoms with Crippen molar-refractivity contribution in [3.63, 3.8) is 0 Å². The van der Waals surface area contributed by atoms with Crippen LogP contribution < -0.4 is 0 Å². The van der Waals surface area contributed by atoms with Crippen molar-refractivity contribution in [2.75, 3.05) is 32.7 Å². The molecular formula is C30H40N2O8. The van der Waals surface area contributed by atoms with Gasteiger partial charge in [-0.15, -0.1) is 0 Å². The van der Waals surface area contributed by atoms with Gasteiger partial charge in [-0.2, -0.15) is 0 Å². The topological polar surface area (TPSA) is 123 Å². The molecule has 0 unspecified atom stereocenters. The van der Waals surface area contributed by atoms with Crippen LogP contribution >= 0.6 is 0 Å². The molecule has 0 radical (unpaired) electrons. The van der Waals surface area contributed by atoms with E-state index in [1.807, 2.05) is 49.1 Å². The standard InChI is InChI=1S/C30H40N2O8/c1-17-14-22-25(27(35)30(4)24(39-19(3)34)15-23(26(17)30)38-18(2)33)21(29(37)40-22)16-31-10-12-32(13-11-31)28(36)20-8-6-5-7-9-20/h5-9,17,21-27,35H,10-16H2,1-4H3/t17-,21+,22+,23+,24+,25-,26+,27+,30-/m1/s1. The summed E-state index contributed by atoms with van der Waals surface area (Å²) in [6.07, 6.45) is -1.86. The second-order valence-corrected chi connectivity index (χ2v) is 12.1. The number of aliphatic hydroxyl groups is 1. The number of amides is 1. The minimum atomic E-state index is -1.02. The Morgan fingerprint density at radius 3 is 2.30 bits per heavy atom. The van der Waals surface area contributed by atoms with Gasteiger partial charge in [0.1, 0.15) is 18.3 Å². The first-order chi connectivity index (χ1) is 19.0. The summed E-state index contributed by atoms with van der Waals surface area (Å²) in [6.45, 7) is 9.32. The summed E-state index contributed by atoms with van der Waals surface area (Å²) in [5, 5.41) is 12.1. The van der Waals surface area contributed by atoms with Gasteiger partial charge in [-0.05, 0) is 24.5 Å². The van der Waals surface area contributed by atoms with Crippen molar-refractivity contribution in [2.24, 2.45) is 29.1 Å². The SMILES string of the molecule is CC(=O)O[C@H]1C[C@H](OC(C)=O)[C@]2(C)[C@H]1[C@H](C)C[C@@H]1OC(=O)[C@@H](CN3CCN(C(=O)c4ccccc4)CC3)[C@H]1[C@@H]2O. The maximum Gasteiger partial charge on any atom is 0.311 e. The predicted octanol–water partition coefficient (Wildman–Crippen LogP) is 1.89. The Bertz CT molecular complexity index is 1140. The van der Waals surface area contributed by atoms with Crippen molar-refractivity contribution in [3.8, 4) is 0 Å². The second kappa shape index (κ2) is 11.1. The lowest BCUT2D eigenvalue weighted by Gasteiger charge is -2.43. The Morgan fingerprint density at radius 1 is 1.02 bits per heavy atom. The molecule has 1 amide bonds. The molecular weight excluding hydrogens is 516 g/mol. The van der Waals surface area contributed by atoms with Gasteiger partial charge in [0.05, 0.1) is 12.0 Å². The lowest BCUT2D eigenvalue weighted by atomic mass is 9.66. The molecule has 1 N–H and O–H groups in total. The van der Waals surface area contributed by atoms with Crippen LogP contribution in [0.15, 0.2) is 30.3 Å². The first-order valence-electron chi connectivity index (χ1n) is 14.3. The smallest absolute Gasteiger partial charge is 0.311 e. The van der Waals surface area contributed by atoms with Gasteiger partial charge < -0.3 is 24.2 Å². The highest BCUT2D eigenvalue weighted by molar-refractivity contribution is 5.94. The van der Waals surface area contributed by atoms with E-state index in [1.165, 1.54) is 13.8 Å². The third-order valence-corrected chi connectivity index (χ3v) is 9.70. The lowest BCUT2D eigenvalue weighted by molar-refractivity contribution is -0.165. The van der Waals surface area contributed by atoms with Crippen LogP contribution in [0.5, 0.6) is 0 Å². The first-order valence-corrected chi connectivity index (χ1v) is 14.3. The zero-order valence-electron chi connectivity index (χ0n) is 23.7. The highest BCUT2D eigenvalue weighted by atomic mass is 16.6. The summed E-state index contributed by atoms with van der Waals surface area (Å²) < 4.78 is 17.3. The molecule has 2 aliphatic carbocycles. The number of carbonyl (C=O) groups is 4. The van der Waals surface area contributed by atoms with Gasteiger partial charge >= 0.3 is 17.9 Å². The monoisotopic (exact) mass is 556 g/mol. The lowest BCUT2D eigenvalue weighted by Crippen LogP contribution is -2.54. The van der Waals surface area contributed by atoms with Gasteiger partial charge in [0.2, 0.25) is 0 Å². The molecule has 9 atom stereocenters. The predicted molar refractivity (Wildman–Crippen MR) is 143 cm³/mol.